The van der Waals surface area contributed by atoms with E-state index in [4.69, 9.17) is 0 Å². The van der Waals surface area contributed by atoms with Crippen LogP contribution in [0.1, 0.15) is 0 Å². The molecule has 0 aliphatic heterocycles. The average molecular weight is 196 g/mol. The topological polar surface area (TPSA) is 58.5 Å². The van der Waals surface area contributed by atoms with E-state index >= 15 is 0 Å². The quantitative estimate of drug-likeness (QED) is 0.490. The van der Waals surface area contributed by atoms with E-state index in [0.29, 0.717) is 0 Å². The average Bonchev–Trinajstić information content (AvgIpc) is 0. The molecule has 0 rings (SSSR count). The monoisotopic (exact) mass is 195 g/mol. The summed E-state index contributed by atoms with van der Waals surface area (Å²) in [6, 6.07) is 0. The maximum atomic E-state index is 0. The first-order chi connectivity index (χ1) is 0. The van der Waals surface area contributed by atoms with Gasteiger partial charge in [0.15, 0.2) is 0 Å². The predicted molar refractivity (Wildman–Crippen MR) is 2.62 cm³/mol. The van der Waals surface area contributed by atoms with Crippen molar-refractivity contribution >= 4 is 0 Å². The standard InChI is InChI=1S/Ag.Mn.H2O.O/h;;1H2;/q+1;+2;;-2/p-1. The molecule has 1 N–H and O–H groups in total. The summed E-state index contributed by atoms with van der Waals surface area (Å²) in [5, 5.41) is 0. The maximum absolute atomic E-state index is 0. The fourth-order valence-corrected chi connectivity index (χ4v) is 0. The molecule has 0 aliphatic carbocycles. The minimum absolute atomic E-state index is 0. The van der Waals surface area contributed by atoms with Crippen LogP contribution in [0.25, 0.3) is 0 Å². The van der Waals surface area contributed by atoms with E-state index in [0.717, 1.165) is 0 Å². The van der Waals surface area contributed by atoms with Crippen LogP contribution in [0.4, 0.5) is 0 Å². The Bertz CT molecular complexity index is 6.00. The van der Waals surface area contributed by atoms with Gasteiger partial charge in [-0.1, -0.05) is 0 Å². The van der Waals surface area contributed by atoms with Gasteiger partial charge in [-0.3, -0.25) is 0 Å². The molecule has 0 heterocycles. The van der Waals surface area contributed by atoms with E-state index in [1.54, 1.807) is 0 Å². The second-order valence-corrected chi connectivity index (χ2v) is 0. The van der Waals surface area contributed by atoms with Crippen LogP contribution in [-0.2, 0) is 44.9 Å². The van der Waals surface area contributed by atoms with E-state index < -0.39 is 0 Å². The molecule has 0 amide bonds. The van der Waals surface area contributed by atoms with Gasteiger partial charge in [0, 0.05) is 0 Å². The first kappa shape index (κ1) is 65.0. The molecule has 31 valence electrons. The van der Waals surface area contributed by atoms with Crippen molar-refractivity contribution < 1.29 is 50.4 Å². The Hall–Kier alpha value is 1.18. The molecule has 4 heavy (non-hydrogen) atoms. The van der Waals surface area contributed by atoms with Crippen LogP contribution < -0.4 is 0 Å². The van der Waals surface area contributed by atoms with Crippen molar-refractivity contribution in [1.29, 1.82) is 0 Å². The van der Waals surface area contributed by atoms with Gasteiger partial charge in [0.05, 0.1) is 0 Å². The first-order valence-electron chi connectivity index (χ1n) is 0. The molecule has 1 radical (unpaired) electrons. The van der Waals surface area contributed by atoms with Gasteiger partial charge in [-0.15, -0.1) is 0 Å². The number of hydrogen-bond acceptors (Lipinski definition) is 1. The first-order valence-corrected chi connectivity index (χ1v) is 0. The molecule has 4 heteroatoms. The van der Waals surface area contributed by atoms with Crippen molar-refractivity contribution in [3.05, 3.63) is 0 Å². The molecule has 2 nitrogen and oxygen atoms in total. The van der Waals surface area contributed by atoms with E-state index in [9.17, 15) is 0 Å². The maximum Gasteiger partial charge on any atom is 2.00 e. The van der Waals surface area contributed by atoms with Crippen molar-refractivity contribution in [2.45, 2.75) is 0 Å². The van der Waals surface area contributed by atoms with E-state index in [2.05, 4.69) is 0 Å². The molecule has 0 saturated carbocycles. The van der Waals surface area contributed by atoms with E-state index in [1.807, 2.05) is 0 Å². The molecular weight excluding hydrogens is 195 g/mol. The summed E-state index contributed by atoms with van der Waals surface area (Å²) in [5.74, 6) is 0. The molecule has 0 aromatic heterocycles. The summed E-state index contributed by atoms with van der Waals surface area (Å²) in [6.45, 7) is 0. The van der Waals surface area contributed by atoms with E-state index in [1.165, 1.54) is 0 Å². The molecule has 0 saturated heterocycles. The summed E-state index contributed by atoms with van der Waals surface area (Å²) < 4.78 is 0. The minimum Gasteiger partial charge on any atom is -2.00 e. The van der Waals surface area contributed by atoms with Crippen LogP contribution in [0.15, 0.2) is 0 Å². The summed E-state index contributed by atoms with van der Waals surface area (Å²) in [6.07, 6.45) is 0. The summed E-state index contributed by atoms with van der Waals surface area (Å²) in [7, 11) is 0. The molecule has 0 aromatic rings. The summed E-state index contributed by atoms with van der Waals surface area (Å²) in [5.41, 5.74) is 0. The van der Waals surface area contributed by atoms with E-state index in [-0.39, 0.29) is 50.4 Å². The fraction of sp³-hybridized carbons (Fsp3) is 0. The molecule has 0 unspecified atom stereocenters. The number of hydrogen-bond donors (Lipinski definition) is 0. The zero-order valence-electron chi connectivity index (χ0n) is 1.53. The van der Waals surface area contributed by atoms with Crippen LogP contribution >= 0.6 is 0 Å². The molecule has 0 bridgehead atoms. The SMILES string of the molecule is [Ag+].[Mn+2].[O-2].[OH-]. The Morgan fingerprint density at radius 3 is 1.00 bits per heavy atom. The van der Waals surface area contributed by atoms with Crippen molar-refractivity contribution in [3.63, 3.8) is 0 Å². The van der Waals surface area contributed by atoms with Crippen LogP contribution in [0.2, 0.25) is 0 Å². The summed E-state index contributed by atoms with van der Waals surface area (Å²) in [4.78, 5) is 0. The Kier molecular flexibility index (Phi) is 494. The second kappa shape index (κ2) is 30.4. The zero-order chi connectivity index (χ0) is 0. The zero-order valence-corrected chi connectivity index (χ0v) is 4.20. The molecule has 0 atom stereocenters. The van der Waals surface area contributed by atoms with Crippen molar-refractivity contribution in [2.24, 2.45) is 0 Å². The van der Waals surface area contributed by atoms with Gasteiger partial charge < -0.3 is 11.0 Å². The van der Waals surface area contributed by atoms with Crippen LogP contribution in [-0.4, -0.2) is 5.48 Å². The number of rotatable bonds is 0. The molecule has 0 aromatic carbocycles. The normalized spacial score (nSPS) is 0. The predicted octanol–water partition coefficient (Wildman–Crippen LogP) is -0.301. The van der Waals surface area contributed by atoms with Gasteiger partial charge in [-0.25, -0.2) is 0 Å². The third kappa shape index (κ3) is 10.9. The van der Waals surface area contributed by atoms with Gasteiger partial charge in [-0.05, 0) is 0 Å². The van der Waals surface area contributed by atoms with Crippen molar-refractivity contribution in [1.82, 2.24) is 0 Å². The minimum atomic E-state index is 0. The van der Waals surface area contributed by atoms with Crippen LogP contribution in [0.3, 0.4) is 0 Å². The van der Waals surface area contributed by atoms with Gasteiger partial charge in [0.1, 0.15) is 0 Å². The van der Waals surface area contributed by atoms with Gasteiger partial charge >= 0.3 is 39.4 Å². The largest absolute Gasteiger partial charge is 2.00 e. The van der Waals surface area contributed by atoms with Gasteiger partial charge in [0.25, 0.3) is 0 Å². The Balaban J connectivity index is 0. The summed E-state index contributed by atoms with van der Waals surface area (Å²) >= 11 is 0. The third-order valence-electron chi connectivity index (χ3n) is 0. The third-order valence-corrected chi connectivity index (χ3v) is 0. The van der Waals surface area contributed by atoms with Crippen molar-refractivity contribution in [2.75, 3.05) is 0 Å². The fourth-order valence-electron chi connectivity index (χ4n) is 0. The molecular formula is HAgMnO2. The van der Waals surface area contributed by atoms with Crippen LogP contribution in [0, 0.1) is 0 Å². The van der Waals surface area contributed by atoms with Gasteiger partial charge in [0.2, 0.25) is 0 Å². The molecule has 0 aliphatic rings. The Labute approximate surface area is 50.6 Å². The second-order valence-electron chi connectivity index (χ2n) is 0. The smallest absolute Gasteiger partial charge is 2.00 e. The molecule has 0 spiro atoms. The Morgan fingerprint density at radius 2 is 1.00 bits per heavy atom. The van der Waals surface area contributed by atoms with Crippen LogP contribution in [0.5, 0.6) is 0 Å². The molecule has 0 fully saturated rings. The van der Waals surface area contributed by atoms with Crippen molar-refractivity contribution in [3.8, 4) is 0 Å². The Morgan fingerprint density at radius 1 is 1.00 bits per heavy atom. The van der Waals surface area contributed by atoms with Gasteiger partial charge in [-0.2, -0.15) is 0 Å².